The number of aliphatic hydroxyl groups is 1. The molecule has 1 amide bonds. The van der Waals surface area contributed by atoms with Crippen molar-refractivity contribution in [2.45, 2.75) is 6.92 Å². The summed E-state index contributed by atoms with van der Waals surface area (Å²) < 4.78 is 4.84. The van der Waals surface area contributed by atoms with E-state index in [1.807, 2.05) is 0 Å². The number of rotatable bonds is 2. The molecule has 1 heterocycles. The second-order valence-corrected chi connectivity index (χ2v) is 4.36. The fourth-order valence-electron chi connectivity index (χ4n) is 1.52. The van der Waals surface area contributed by atoms with Gasteiger partial charge in [-0.1, -0.05) is 28.6 Å². The van der Waals surface area contributed by atoms with Crippen LogP contribution in [0.25, 0.3) is 0 Å². The number of halogens is 1. The maximum atomic E-state index is 12.0. The average Bonchev–Trinajstić information content (AvgIpc) is 2.85. The molecule has 2 aromatic rings. The Morgan fingerprint density at radius 2 is 2.30 bits per heavy atom. The summed E-state index contributed by atoms with van der Waals surface area (Å²) in [6.45, 7) is 1.42. The van der Waals surface area contributed by atoms with Gasteiger partial charge < -0.3 is 14.9 Å². The third kappa shape index (κ3) is 3.38. The third-order valence-electron chi connectivity index (χ3n) is 2.39. The molecule has 102 valence electrons. The van der Waals surface area contributed by atoms with Gasteiger partial charge in [-0.05, 0) is 25.1 Å². The molecule has 20 heavy (non-hydrogen) atoms. The molecule has 0 aliphatic carbocycles. The van der Waals surface area contributed by atoms with Gasteiger partial charge in [0.2, 0.25) is 0 Å². The maximum absolute atomic E-state index is 12.0. The lowest BCUT2D eigenvalue weighted by Crippen LogP contribution is -2.13. The van der Waals surface area contributed by atoms with Crippen LogP contribution in [0.3, 0.4) is 0 Å². The number of hydrogen-bond acceptors (Lipinski definition) is 4. The fourth-order valence-corrected chi connectivity index (χ4v) is 1.70. The van der Waals surface area contributed by atoms with Crippen LogP contribution in [0.4, 0.5) is 5.69 Å². The number of aromatic nitrogens is 1. The quantitative estimate of drug-likeness (QED) is 0.832. The van der Waals surface area contributed by atoms with E-state index in [0.717, 1.165) is 0 Å². The summed E-state index contributed by atoms with van der Waals surface area (Å²) in [5.74, 6) is 5.38. The van der Waals surface area contributed by atoms with Crippen molar-refractivity contribution in [1.29, 1.82) is 0 Å². The minimum Gasteiger partial charge on any atom is -0.384 e. The Balaban J connectivity index is 2.26. The summed E-state index contributed by atoms with van der Waals surface area (Å²) in [5.41, 5.74) is 1.18. The molecule has 1 aromatic carbocycles. The summed E-state index contributed by atoms with van der Waals surface area (Å²) in [6.07, 6.45) is 0. The molecule has 1 aromatic heterocycles. The van der Waals surface area contributed by atoms with E-state index in [1.54, 1.807) is 25.1 Å². The van der Waals surface area contributed by atoms with Crippen molar-refractivity contribution < 1.29 is 14.4 Å². The van der Waals surface area contributed by atoms with E-state index < -0.39 is 5.91 Å². The number of benzene rings is 1. The monoisotopic (exact) mass is 290 g/mol. The molecule has 0 saturated heterocycles. The van der Waals surface area contributed by atoms with Crippen LogP contribution >= 0.6 is 11.6 Å². The summed E-state index contributed by atoms with van der Waals surface area (Å²) in [6, 6.07) is 6.40. The zero-order chi connectivity index (χ0) is 14.5. The Hall–Kier alpha value is -2.29. The van der Waals surface area contributed by atoms with Gasteiger partial charge in [0.25, 0.3) is 5.91 Å². The van der Waals surface area contributed by atoms with Gasteiger partial charge in [-0.2, -0.15) is 0 Å². The molecule has 0 aliphatic rings. The minimum absolute atomic E-state index is 0.179. The highest BCUT2D eigenvalue weighted by Crippen LogP contribution is 2.20. The van der Waals surface area contributed by atoms with Gasteiger partial charge in [0.1, 0.15) is 12.4 Å². The zero-order valence-electron chi connectivity index (χ0n) is 10.6. The summed E-state index contributed by atoms with van der Waals surface area (Å²) >= 11 is 5.88. The molecule has 0 atom stereocenters. The molecule has 0 spiro atoms. The molecular formula is C14H11ClN2O3. The normalized spacial score (nSPS) is 9.75. The first-order valence-electron chi connectivity index (χ1n) is 5.74. The number of carbonyl (C=O) groups excluding carboxylic acids is 1. The largest absolute Gasteiger partial charge is 0.384 e. The van der Waals surface area contributed by atoms with Gasteiger partial charge in [-0.3, -0.25) is 4.79 Å². The molecule has 2 rings (SSSR count). The number of nitrogens with zero attached hydrogens (tertiary/aromatic N) is 1. The van der Waals surface area contributed by atoms with Crippen molar-refractivity contribution in [2.75, 3.05) is 11.9 Å². The fraction of sp³-hybridized carbons (Fsp3) is 0.143. The Kier molecular flexibility index (Phi) is 4.41. The summed E-state index contributed by atoms with van der Waals surface area (Å²) in [4.78, 5) is 12.0. The molecule has 5 nitrogen and oxygen atoms in total. The first-order valence-corrected chi connectivity index (χ1v) is 6.12. The van der Waals surface area contributed by atoms with Gasteiger partial charge in [0.05, 0.1) is 5.69 Å². The van der Waals surface area contributed by atoms with E-state index in [1.165, 1.54) is 6.07 Å². The van der Waals surface area contributed by atoms with E-state index in [0.29, 0.717) is 22.0 Å². The molecule has 0 aliphatic heterocycles. The summed E-state index contributed by atoms with van der Waals surface area (Å²) in [5, 5.41) is 15.5. The van der Waals surface area contributed by atoms with Crippen molar-refractivity contribution >= 4 is 23.2 Å². The summed E-state index contributed by atoms with van der Waals surface area (Å²) in [7, 11) is 0. The lowest BCUT2D eigenvalue weighted by Gasteiger charge is -2.06. The van der Waals surface area contributed by atoms with E-state index >= 15 is 0 Å². The number of nitrogens with one attached hydrogen (secondary N) is 1. The van der Waals surface area contributed by atoms with Crippen LogP contribution in [-0.2, 0) is 0 Å². The number of carbonyl (C=O) groups is 1. The van der Waals surface area contributed by atoms with Crippen LogP contribution in [0.15, 0.2) is 28.8 Å². The second-order valence-electron chi connectivity index (χ2n) is 3.93. The van der Waals surface area contributed by atoms with Crippen LogP contribution < -0.4 is 5.32 Å². The van der Waals surface area contributed by atoms with E-state index in [-0.39, 0.29) is 12.3 Å². The number of amides is 1. The Labute approximate surface area is 120 Å². The Morgan fingerprint density at radius 1 is 1.50 bits per heavy atom. The van der Waals surface area contributed by atoms with Crippen LogP contribution in [0, 0.1) is 18.8 Å². The smallest absolute Gasteiger partial charge is 0.277 e. The standard InChI is InChI=1S/C14H11ClN2O3/c1-9-7-13(17-20-9)14(19)16-12-5-4-11(15)8-10(12)3-2-6-18/h4-5,7-8,18H,6H2,1H3,(H,16,19). The van der Waals surface area contributed by atoms with Crippen molar-refractivity contribution in [3.8, 4) is 11.8 Å². The number of aryl methyl sites for hydroxylation is 1. The first kappa shape index (κ1) is 14.1. The lowest BCUT2D eigenvalue weighted by atomic mass is 10.1. The topological polar surface area (TPSA) is 75.4 Å². The van der Waals surface area contributed by atoms with Gasteiger partial charge in [0.15, 0.2) is 5.69 Å². The van der Waals surface area contributed by atoms with E-state index in [2.05, 4.69) is 22.3 Å². The molecule has 6 heteroatoms. The highest BCUT2D eigenvalue weighted by Gasteiger charge is 2.12. The average molecular weight is 291 g/mol. The van der Waals surface area contributed by atoms with Crippen molar-refractivity contribution in [3.05, 3.63) is 46.3 Å². The molecule has 2 N–H and O–H groups in total. The highest BCUT2D eigenvalue weighted by molar-refractivity contribution is 6.30. The van der Waals surface area contributed by atoms with Crippen LogP contribution in [0.2, 0.25) is 5.02 Å². The van der Waals surface area contributed by atoms with Gasteiger partial charge in [-0.25, -0.2) is 0 Å². The first-order chi connectivity index (χ1) is 9.60. The minimum atomic E-state index is -0.406. The predicted octanol–water partition coefficient (Wildman–Crippen LogP) is 2.23. The maximum Gasteiger partial charge on any atom is 0.277 e. The van der Waals surface area contributed by atoms with Crippen LogP contribution in [0.5, 0.6) is 0 Å². The van der Waals surface area contributed by atoms with E-state index in [9.17, 15) is 4.79 Å². The SMILES string of the molecule is Cc1cc(C(=O)Nc2ccc(Cl)cc2C#CCO)no1. The number of hydrogen-bond donors (Lipinski definition) is 2. The highest BCUT2D eigenvalue weighted by atomic mass is 35.5. The Bertz CT molecular complexity index is 698. The molecule has 0 fully saturated rings. The molecule has 0 bridgehead atoms. The van der Waals surface area contributed by atoms with Gasteiger partial charge >= 0.3 is 0 Å². The van der Waals surface area contributed by atoms with Crippen molar-refractivity contribution in [1.82, 2.24) is 5.16 Å². The molecule has 0 radical (unpaired) electrons. The van der Waals surface area contributed by atoms with Crippen LogP contribution in [0.1, 0.15) is 21.8 Å². The van der Waals surface area contributed by atoms with Crippen LogP contribution in [-0.4, -0.2) is 22.8 Å². The second kappa shape index (κ2) is 6.24. The van der Waals surface area contributed by atoms with Gasteiger partial charge in [0, 0.05) is 16.7 Å². The number of anilines is 1. The third-order valence-corrected chi connectivity index (χ3v) is 2.63. The van der Waals surface area contributed by atoms with Crippen molar-refractivity contribution in [2.24, 2.45) is 0 Å². The predicted molar refractivity (Wildman–Crippen MR) is 74.6 cm³/mol. The number of aliphatic hydroxyl groups excluding tert-OH is 1. The molecular weight excluding hydrogens is 280 g/mol. The molecule has 0 saturated carbocycles. The Morgan fingerprint density at radius 3 is 2.95 bits per heavy atom. The zero-order valence-corrected chi connectivity index (χ0v) is 11.4. The molecule has 0 unspecified atom stereocenters. The van der Waals surface area contributed by atoms with E-state index in [4.69, 9.17) is 21.2 Å². The van der Waals surface area contributed by atoms with Crippen molar-refractivity contribution in [3.63, 3.8) is 0 Å². The lowest BCUT2D eigenvalue weighted by molar-refractivity contribution is 0.101. The van der Waals surface area contributed by atoms with Gasteiger partial charge in [-0.15, -0.1) is 0 Å².